The highest BCUT2D eigenvalue weighted by molar-refractivity contribution is 9.11. The van der Waals surface area contributed by atoms with Crippen molar-refractivity contribution >= 4 is 49.7 Å². The first-order valence-corrected chi connectivity index (χ1v) is 10.8. The van der Waals surface area contributed by atoms with E-state index in [9.17, 15) is 0 Å². The summed E-state index contributed by atoms with van der Waals surface area (Å²) in [6.45, 7) is 0.951. The van der Waals surface area contributed by atoms with Crippen molar-refractivity contribution < 1.29 is 9.47 Å². The van der Waals surface area contributed by atoms with E-state index in [1.54, 1.807) is 13.3 Å². The summed E-state index contributed by atoms with van der Waals surface area (Å²) in [6.07, 6.45) is 1.75. The summed E-state index contributed by atoms with van der Waals surface area (Å²) >= 11 is 13.3. The van der Waals surface area contributed by atoms with Gasteiger partial charge in [0, 0.05) is 16.1 Å². The number of nitrogens with zero attached hydrogens (tertiary/aromatic N) is 1. The van der Waals surface area contributed by atoms with Gasteiger partial charge in [0.1, 0.15) is 18.1 Å². The van der Waals surface area contributed by atoms with E-state index in [0.717, 1.165) is 31.4 Å². The molecule has 0 saturated carbocycles. The van der Waals surface area contributed by atoms with Crippen molar-refractivity contribution in [2.45, 2.75) is 13.2 Å². The van der Waals surface area contributed by atoms with Gasteiger partial charge in [0.05, 0.1) is 28.8 Å². The monoisotopic (exact) mass is 536 g/mol. The van der Waals surface area contributed by atoms with Crippen molar-refractivity contribution in [3.05, 3.63) is 91.3 Å². The zero-order valence-corrected chi connectivity index (χ0v) is 19.6. The predicted molar refractivity (Wildman–Crippen MR) is 125 cm³/mol. The van der Waals surface area contributed by atoms with Crippen molar-refractivity contribution in [3.8, 4) is 11.5 Å². The average molecular weight is 539 g/mol. The number of ether oxygens (including phenoxy) is 2. The average Bonchev–Trinajstić information content (AvgIpc) is 2.72. The Kier molecular flexibility index (Phi) is 7.98. The molecule has 0 saturated heterocycles. The molecular weight excluding hydrogens is 520 g/mol. The first kappa shape index (κ1) is 21.7. The fraction of sp³-hybridized carbons (Fsp3) is 0.136. The van der Waals surface area contributed by atoms with Gasteiger partial charge in [-0.15, -0.1) is 0 Å². The summed E-state index contributed by atoms with van der Waals surface area (Å²) in [7, 11) is 1.66. The maximum atomic E-state index is 6.19. The minimum Gasteiger partial charge on any atom is -0.496 e. The van der Waals surface area contributed by atoms with Gasteiger partial charge in [0.15, 0.2) is 0 Å². The third-order valence-corrected chi connectivity index (χ3v) is 5.66. The lowest BCUT2D eigenvalue weighted by molar-refractivity contribution is 0.302. The number of rotatable bonds is 8. The first-order chi connectivity index (χ1) is 14.1. The number of hydrogen-bond donors (Lipinski definition) is 1. The first-order valence-electron chi connectivity index (χ1n) is 8.81. The Morgan fingerprint density at radius 2 is 1.66 bits per heavy atom. The number of halogens is 3. The van der Waals surface area contributed by atoms with Crippen LogP contribution in [0.5, 0.6) is 11.5 Å². The molecule has 0 heterocycles. The molecule has 0 aliphatic carbocycles. The van der Waals surface area contributed by atoms with Crippen LogP contribution < -0.4 is 14.9 Å². The second-order valence-corrected chi connectivity index (χ2v) is 8.21. The van der Waals surface area contributed by atoms with Gasteiger partial charge in [-0.3, -0.25) is 0 Å². The summed E-state index contributed by atoms with van der Waals surface area (Å²) in [5.41, 5.74) is 5.93. The molecule has 3 rings (SSSR count). The molecule has 0 aliphatic rings. The SMILES string of the molecule is COc1ccccc1CN/N=C/c1cc(Br)c(OCc2ccccc2Cl)c(Br)c1. The lowest BCUT2D eigenvalue weighted by Crippen LogP contribution is -2.07. The van der Waals surface area contributed by atoms with Crippen LogP contribution in [0.3, 0.4) is 0 Å². The Morgan fingerprint density at radius 3 is 2.34 bits per heavy atom. The molecule has 0 bridgehead atoms. The largest absolute Gasteiger partial charge is 0.496 e. The third-order valence-electron chi connectivity index (χ3n) is 4.12. The second-order valence-electron chi connectivity index (χ2n) is 6.10. The highest BCUT2D eigenvalue weighted by Crippen LogP contribution is 2.35. The summed E-state index contributed by atoms with van der Waals surface area (Å²) in [5.74, 6) is 1.55. The van der Waals surface area contributed by atoms with E-state index in [-0.39, 0.29) is 0 Å². The third kappa shape index (κ3) is 5.98. The lowest BCUT2D eigenvalue weighted by Gasteiger charge is -2.12. The Morgan fingerprint density at radius 1 is 1.00 bits per heavy atom. The highest BCUT2D eigenvalue weighted by atomic mass is 79.9. The molecule has 0 unspecified atom stereocenters. The molecule has 1 N–H and O–H groups in total. The summed E-state index contributed by atoms with van der Waals surface area (Å²) in [5, 5.41) is 4.98. The zero-order valence-electron chi connectivity index (χ0n) is 15.7. The Hall–Kier alpha value is -2.02. The van der Waals surface area contributed by atoms with E-state index in [1.165, 1.54) is 0 Å². The van der Waals surface area contributed by atoms with E-state index in [1.807, 2.05) is 60.7 Å². The number of para-hydroxylation sites is 1. The molecule has 0 amide bonds. The quantitative estimate of drug-likeness (QED) is 0.260. The predicted octanol–water partition coefficient (Wildman–Crippen LogP) is 6.58. The maximum Gasteiger partial charge on any atom is 0.148 e. The van der Waals surface area contributed by atoms with Crippen LogP contribution in [0.4, 0.5) is 0 Å². The lowest BCUT2D eigenvalue weighted by atomic mass is 10.2. The maximum absolute atomic E-state index is 6.19. The summed E-state index contributed by atoms with van der Waals surface area (Å²) in [6, 6.07) is 19.4. The van der Waals surface area contributed by atoms with Gasteiger partial charge in [0.25, 0.3) is 0 Å². The van der Waals surface area contributed by atoms with E-state index < -0.39 is 0 Å². The molecule has 0 fully saturated rings. The normalized spacial score (nSPS) is 10.9. The molecule has 3 aromatic carbocycles. The molecule has 0 spiro atoms. The van der Waals surface area contributed by atoms with Crippen LogP contribution in [-0.2, 0) is 13.2 Å². The fourth-order valence-corrected chi connectivity index (χ4v) is 4.30. The topological polar surface area (TPSA) is 42.8 Å². The van der Waals surface area contributed by atoms with Gasteiger partial charge >= 0.3 is 0 Å². The minimum atomic E-state index is 0.380. The number of nitrogens with one attached hydrogen (secondary N) is 1. The molecular formula is C22H19Br2ClN2O2. The molecule has 29 heavy (non-hydrogen) atoms. The van der Waals surface area contributed by atoms with Gasteiger partial charge in [-0.1, -0.05) is 48.0 Å². The van der Waals surface area contributed by atoms with Crippen molar-refractivity contribution in [1.82, 2.24) is 5.43 Å². The molecule has 4 nitrogen and oxygen atoms in total. The number of hydrogen-bond acceptors (Lipinski definition) is 4. The molecule has 0 aromatic heterocycles. The molecule has 0 radical (unpaired) electrons. The van der Waals surface area contributed by atoms with Crippen molar-refractivity contribution in [1.29, 1.82) is 0 Å². The van der Waals surface area contributed by atoms with Gasteiger partial charge in [-0.05, 0) is 61.7 Å². The second kappa shape index (κ2) is 10.7. The van der Waals surface area contributed by atoms with Crippen LogP contribution in [0.25, 0.3) is 0 Å². The van der Waals surface area contributed by atoms with E-state index >= 15 is 0 Å². The zero-order chi connectivity index (χ0) is 20.6. The van der Waals surface area contributed by atoms with E-state index in [4.69, 9.17) is 21.1 Å². The number of benzene rings is 3. The van der Waals surface area contributed by atoms with Crippen LogP contribution >= 0.6 is 43.5 Å². The van der Waals surface area contributed by atoms with Crippen molar-refractivity contribution in [2.24, 2.45) is 5.10 Å². The highest BCUT2D eigenvalue weighted by Gasteiger charge is 2.10. The fourth-order valence-electron chi connectivity index (χ4n) is 2.66. The minimum absolute atomic E-state index is 0.380. The van der Waals surface area contributed by atoms with Gasteiger partial charge in [0.2, 0.25) is 0 Å². The van der Waals surface area contributed by atoms with Gasteiger partial charge < -0.3 is 14.9 Å². The smallest absolute Gasteiger partial charge is 0.148 e. The van der Waals surface area contributed by atoms with Crippen LogP contribution in [0, 0.1) is 0 Å². The summed E-state index contributed by atoms with van der Waals surface area (Å²) < 4.78 is 12.9. The standard InChI is InChI=1S/C22H19Br2ClN2O2/c1-28-21-9-5-3-6-16(21)13-27-26-12-15-10-18(23)22(19(24)11-15)29-14-17-7-2-4-8-20(17)25/h2-12,27H,13-14H2,1H3/b26-12+. The van der Waals surface area contributed by atoms with Gasteiger partial charge in [-0.25, -0.2) is 0 Å². The van der Waals surface area contributed by atoms with Crippen molar-refractivity contribution in [3.63, 3.8) is 0 Å². The molecule has 0 atom stereocenters. The van der Waals surface area contributed by atoms with Crippen LogP contribution in [0.2, 0.25) is 5.02 Å². The Bertz CT molecular complexity index is 989. The Balaban J connectivity index is 1.62. The van der Waals surface area contributed by atoms with Crippen LogP contribution in [0.1, 0.15) is 16.7 Å². The van der Waals surface area contributed by atoms with Crippen LogP contribution in [0.15, 0.2) is 74.7 Å². The Labute approximate surface area is 192 Å². The molecule has 0 aliphatic heterocycles. The molecule has 150 valence electrons. The van der Waals surface area contributed by atoms with Gasteiger partial charge in [-0.2, -0.15) is 5.10 Å². The summed E-state index contributed by atoms with van der Waals surface area (Å²) in [4.78, 5) is 0. The van der Waals surface area contributed by atoms with E-state index in [0.29, 0.717) is 23.9 Å². The molecule has 3 aromatic rings. The van der Waals surface area contributed by atoms with E-state index in [2.05, 4.69) is 42.4 Å². The van der Waals surface area contributed by atoms with Crippen LogP contribution in [-0.4, -0.2) is 13.3 Å². The molecule has 7 heteroatoms. The number of hydrazone groups is 1. The van der Waals surface area contributed by atoms with Crippen molar-refractivity contribution in [2.75, 3.05) is 7.11 Å². The number of methoxy groups -OCH3 is 1.